The fourth-order valence-corrected chi connectivity index (χ4v) is 4.70. The van der Waals surface area contributed by atoms with Gasteiger partial charge in [0.2, 0.25) is 0 Å². The largest absolute Gasteiger partial charge is 0.335 e. The van der Waals surface area contributed by atoms with E-state index in [2.05, 4.69) is 23.0 Å². The number of hydrogen-bond donors (Lipinski definition) is 0. The number of thiazole rings is 1. The predicted octanol–water partition coefficient (Wildman–Crippen LogP) is 3.41. The van der Waals surface area contributed by atoms with Gasteiger partial charge in [0.15, 0.2) is 0 Å². The van der Waals surface area contributed by atoms with Crippen LogP contribution in [0.5, 0.6) is 0 Å². The summed E-state index contributed by atoms with van der Waals surface area (Å²) in [5, 5.41) is 0.994. The minimum Gasteiger partial charge on any atom is -0.335 e. The third kappa shape index (κ3) is 2.89. The molecule has 0 N–H and O–H groups in total. The first-order chi connectivity index (χ1) is 11.2. The number of nitrogens with zero attached hydrogens (tertiary/aromatic N) is 3. The zero-order valence-corrected chi connectivity index (χ0v) is 14.5. The van der Waals surface area contributed by atoms with E-state index in [4.69, 9.17) is 0 Å². The molecular weight excluding hydrogens is 326 g/mol. The number of amides is 1. The number of hydrogen-bond acceptors (Lipinski definition) is 5. The Balaban J connectivity index is 1.57. The number of rotatable bonds is 2. The highest BCUT2D eigenvalue weighted by molar-refractivity contribution is 7.26. The van der Waals surface area contributed by atoms with Crippen LogP contribution in [0.3, 0.4) is 0 Å². The SMILES string of the molecule is CN1CCN(C(=O)c2ccc(-c3nc4ccccc4s3)s2)CC1. The van der Waals surface area contributed by atoms with Crippen molar-refractivity contribution in [1.82, 2.24) is 14.8 Å². The van der Waals surface area contributed by atoms with Crippen molar-refractivity contribution in [2.75, 3.05) is 33.2 Å². The Hall–Kier alpha value is -1.76. The van der Waals surface area contributed by atoms with Crippen LogP contribution in [0.15, 0.2) is 36.4 Å². The first kappa shape index (κ1) is 14.8. The Morgan fingerprint density at radius 2 is 1.83 bits per heavy atom. The third-order valence-electron chi connectivity index (χ3n) is 4.11. The van der Waals surface area contributed by atoms with E-state index in [-0.39, 0.29) is 5.91 Å². The Morgan fingerprint density at radius 1 is 1.04 bits per heavy atom. The van der Waals surface area contributed by atoms with E-state index in [1.807, 2.05) is 35.2 Å². The number of para-hydroxylation sites is 1. The molecule has 0 bridgehead atoms. The van der Waals surface area contributed by atoms with Crippen LogP contribution in [-0.2, 0) is 0 Å². The number of likely N-dealkylation sites (N-methyl/N-ethyl adjacent to an activating group) is 1. The smallest absolute Gasteiger partial charge is 0.264 e. The van der Waals surface area contributed by atoms with E-state index in [1.54, 1.807) is 22.7 Å². The molecule has 1 aliphatic rings. The summed E-state index contributed by atoms with van der Waals surface area (Å²) in [4.78, 5) is 23.4. The quantitative estimate of drug-likeness (QED) is 0.715. The van der Waals surface area contributed by atoms with Crippen LogP contribution in [0.4, 0.5) is 0 Å². The minimum atomic E-state index is 0.149. The van der Waals surface area contributed by atoms with Crippen molar-refractivity contribution in [1.29, 1.82) is 0 Å². The van der Waals surface area contributed by atoms with E-state index in [0.29, 0.717) is 0 Å². The second-order valence-electron chi connectivity index (χ2n) is 5.75. The molecule has 6 heteroatoms. The standard InChI is InChI=1S/C17H17N3OS2/c1-19-8-10-20(11-9-19)17(21)15-7-6-14(22-15)16-18-12-4-2-3-5-13(12)23-16/h2-7H,8-11H2,1H3. The third-order valence-corrected chi connectivity index (χ3v) is 6.39. The predicted molar refractivity (Wildman–Crippen MR) is 96.3 cm³/mol. The fourth-order valence-electron chi connectivity index (χ4n) is 2.71. The van der Waals surface area contributed by atoms with Gasteiger partial charge >= 0.3 is 0 Å². The molecule has 1 aromatic carbocycles. The molecule has 0 unspecified atom stereocenters. The zero-order chi connectivity index (χ0) is 15.8. The normalized spacial score (nSPS) is 16.1. The van der Waals surface area contributed by atoms with Crippen molar-refractivity contribution in [3.05, 3.63) is 41.3 Å². The molecule has 0 saturated carbocycles. The lowest BCUT2D eigenvalue weighted by molar-refractivity contribution is 0.0669. The topological polar surface area (TPSA) is 36.4 Å². The summed E-state index contributed by atoms with van der Waals surface area (Å²) in [6, 6.07) is 12.1. The molecule has 3 aromatic rings. The Bertz CT molecular complexity index is 813. The molecule has 0 spiro atoms. The lowest BCUT2D eigenvalue weighted by Crippen LogP contribution is -2.46. The molecular formula is C17H17N3OS2. The Morgan fingerprint density at radius 3 is 2.61 bits per heavy atom. The van der Waals surface area contributed by atoms with Crippen LogP contribution in [0.2, 0.25) is 0 Å². The first-order valence-electron chi connectivity index (χ1n) is 7.64. The summed E-state index contributed by atoms with van der Waals surface area (Å²) < 4.78 is 1.18. The van der Waals surface area contributed by atoms with Gasteiger partial charge in [0.05, 0.1) is 20.0 Å². The maximum absolute atomic E-state index is 12.6. The number of thiophene rings is 1. The highest BCUT2D eigenvalue weighted by atomic mass is 32.1. The van der Waals surface area contributed by atoms with Crippen molar-refractivity contribution in [3.8, 4) is 9.88 Å². The molecule has 4 rings (SSSR count). The second kappa shape index (κ2) is 6.03. The summed E-state index contributed by atoms with van der Waals surface area (Å²) in [6.45, 7) is 3.51. The average Bonchev–Trinajstić information content (AvgIpc) is 3.21. The molecule has 2 aromatic heterocycles. The zero-order valence-electron chi connectivity index (χ0n) is 12.9. The van der Waals surface area contributed by atoms with Gasteiger partial charge in [0, 0.05) is 26.2 Å². The van der Waals surface area contributed by atoms with Crippen molar-refractivity contribution in [2.24, 2.45) is 0 Å². The number of piperazine rings is 1. The molecule has 0 atom stereocenters. The van der Waals surface area contributed by atoms with E-state index >= 15 is 0 Å². The molecule has 1 saturated heterocycles. The van der Waals surface area contributed by atoms with Crippen LogP contribution in [0.25, 0.3) is 20.1 Å². The van der Waals surface area contributed by atoms with Gasteiger partial charge in [-0.3, -0.25) is 4.79 Å². The summed E-state index contributed by atoms with van der Waals surface area (Å²) in [5.74, 6) is 0.149. The van der Waals surface area contributed by atoms with Gasteiger partial charge in [-0.2, -0.15) is 0 Å². The van der Waals surface area contributed by atoms with Crippen LogP contribution < -0.4 is 0 Å². The van der Waals surface area contributed by atoms with Crippen molar-refractivity contribution < 1.29 is 4.79 Å². The van der Waals surface area contributed by atoms with E-state index < -0.39 is 0 Å². The van der Waals surface area contributed by atoms with Crippen LogP contribution in [0, 0.1) is 0 Å². The average molecular weight is 343 g/mol. The molecule has 3 heterocycles. The molecule has 4 nitrogen and oxygen atoms in total. The van der Waals surface area contributed by atoms with Gasteiger partial charge in [-0.25, -0.2) is 4.98 Å². The molecule has 1 amide bonds. The first-order valence-corrected chi connectivity index (χ1v) is 9.27. The molecule has 23 heavy (non-hydrogen) atoms. The summed E-state index contributed by atoms with van der Waals surface area (Å²) in [6.07, 6.45) is 0. The van der Waals surface area contributed by atoms with Crippen LogP contribution in [0.1, 0.15) is 9.67 Å². The lowest BCUT2D eigenvalue weighted by atomic mass is 10.3. The lowest BCUT2D eigenvalue weighted by Gasteiger charge is -2.32. The fraction of sp³-hybridized carbons (Fsp3) is 0.294. The summed E-state index contributed by atoms with van der Waals surface area (Å²) >= 11 is 3.23. The maximum atomic E-state index is 12.6. The molecule has 1 aliphatic heterocycles. The number of carbonyl (C=O) groups excluding carboxylic acids is 1. The van der Waals surface area contributed by atoms with Gasteiger partial charge in [-0.05, 0) is 31.3 Å². The highest BCUT2D eigenvalue weighted by Crippen LogP contribution is 2.34. The van der Waals surface area contributed by atoms with E-state index in [9.17, 15) is 4.79 Å². The monoisotopic (exact) mass is 343 g/mol. The van der Waals surface area contributed by atoms with Crippen molar-refractivity contribution in [2.45, 2.75) is 0 Å². The van der Waals surface area contributed by atoms with Gasteiger partial charge in [0.25, 0.3) is 5.91 Å². The maximum Gasteiger partial charge on any atom is 0.264 e. The van der Waals surface area contributed by atoms with E-state index in [0.717, 1.165) is 46.5 Å². The summed E-state index contributed by atoms with van der Waals surface area (Å²) in [5.41, 5.74) is 1.02. The number of aromatic nitrogens is 1. The van der Waals surface area contributed by atoms with Crippen molar-refractivity contribution >= 4 is 38.8 Å². The minimum absolute atomic E-state index is 0.149. The van der Waals surface area contributed by atoms with Crippen LogP contribution in [-0.4, -0.2) is 53.9 Å². The molecule has 118 valence electrons. The summed E-state index contributed by atoms with van der Waals surface area (Å²) in [7, 11) is 2.10. The number of fused-ring (bicyclic) bond motifs is 1. The molecule has 0 aliphatic carbocycles. The highest BCUT2D eigenvalue weighted by Gasteiger charge is 2.22. The van der Waals surface area contributed by atoms with E-state index in [1.165, 1.54) is 4.70 Å². The number of benzene rings is 1. The van der Waals surface area contributed by atoms with Gasteiger partial charge < -0.3 is 9.80 Å². The van der Waals surface area contributed by atoms with Gasteiger partial charge in [0.1, 0.15) is 5.01 Å². The number of carbonyl (C=O) groups is 1. The Labute approximate surface area is 143 Å². The molecule has 0 radical (unpaired) electrons. The molecule has 1 fully saturated rings. The van der Waals surface area contributed by atoms with Crippen molar-refractivity contribution in [3.63, 3.8) is 0 Å². The van der Waals surface area contributed by atoms with Gasteiger partial charge in [-0.15, -0.1) is 22.7 Å². The Kier molecular flexibility index (Phi) is 3.88. The van der Waals surface area contributed by atoms with Crippen LogP contribution >= 0.6 is 22.7 Å². The second-order valence-corrected chi connectivity index (χ2v) is 7.86. The van der Waals surface area contributed by atoms with Gasteiger partial charge in [-0.1, -0.05) is 12.1 Å².